The van der Waals surface area contributed by atoms with Gasteiger partial charge in [-0.05, 0) is 0 Å². The van der Waals surface area contributed by atoms with Crippen LogP contribution in [0.2, 0.25) is 0 Å². The molecule has 0 aromatic heterocycles. The molecule has 0 aliphatic rings. The molecule has 0 saturated carbocycles. The summed E-state index contributed by atoms with van der Waals surface area (Å²) >= 11 is 0. The van der Waals surface area contributed by atoms with Crippen molar-refractivity contribution in [2.45, 2.75) is 0 Å². The minimum Gasteiger partial charge on any atom is -0.504 e. The summed E-state index contributed by atoms with van der Waals surface area (Å²) in [5, 5.41) is 7.77. The van der Waals surface area contributed by atoms with Crippen molar-refractivity contribution >= 4 is 5.97 Å². The van der Waals surface area contributed by atoms with E-state index in [1.807, 2.05) is 0 Å². The molecule has 1 radical (unpaired) electrons. The Labute approximate surface area is 87.5 Å². The van der Waals surface area contributed by atoms with Gasteiger partial charge in [0.15, 0.2) is 0 Å². The first-order valence-corrected chi connectivity index (χ1v) is 1.32. The second-order valence-corrected chi connectivity index (χ2v) is 0.830. The number of nitrogens with two attached hydrogens (primary N) is 1. The van der Waals surface area contributed by atoms with Gasteiger partial charge in [-0.25, -0.2) is 0 Å². The number of hydrogen-bond acceptors (Lipinski definition) is 2. The van der Waals surface area contributed by atoms with Gasteiger partial charge in [0.25, 0.3) is 0 Å². The van der Waals surface area contributed by atoms with E-state index in [4.69, 9.17) is 5.11 Å². The fourth-order valence-electron chi connectivity index (χ4n) is 0. The van der Waals surface area contributed by atoms with Gasteiger partial charge < -0.3 is 23.8 Å². The Balaban J connectivity index is -0.000000125. The third-order valence-electron chi connectivity index (χ3n) is 0.275. The molecule has 0 unspecified atom stereocenters. The Morgan fingerprint density at radius 2 is 1.88 bits per heavy atom. The van der Waals surface area contributed by atoms with Gasteiger partial charge in [-0.15, -0.1) is 0 Å². The first kappa shape index (κ1) is 16.0. The van der Waals surface area contributed by atoms with Gasteiger partial charge in [0.2, 0.25) is 0 Å². The first-order valence-electron chi connectivity index (χ1n) is 1.32. The largest absolute Gasteiger partial charge is 0.504 e. The van der Waals surface area contributed by atoms with E-state index in [1.165, 1.54) is 0 Å². The van der Waals surface area contributed by atoms with Crippen LogP contribution >= 0.6 is 0 Å². The number of rotatable bonds is 1. The van der Waals surface area contributed by atoms with Crippen molar-refractivity contribution in [3.8, 4) is 0 Å². The molecule has 0 aromatic rings. The van der Waals surface area contributed by atoms with Crippen LogP contribution in [0.5, 0.6) is 0 Å². The third-order valence-corrected chi connectivity index (χ3v) is 0.275. The summed E-state index contributed by atoms with van der Waals surface area (Å²) < 4.78 is 0. The van der Waals surface area contributed by atoms with Crippen molar-refractivity contribution in [3.63, 3.8) is 0 Å². The molecule has 5 heteroatoms. The molecule has 0 bridgehead atoms. The Morgan fingerprint density at radius 1 is 1.75 bits per heavy atom. The van der Waals surface area contributed by atoms with E-state index in [2.05, 4.69) is 12.7 Å². The number of carboxylic acids is 1. The second-order valence-electron chi connectivity index (χ2n) is 0.830. The topological polar surface area (TPSA) is 63.3 Å². The third kappa shape index (κ3) is 10.2. The summed E-state index contributed by atoms with van der Waals surface area (Å²) in [6.45, 7) is 2.93. The molecule has 0 saturated heterocycles. The van der Waals surface area contributed by atoms with E-state index < -0.39 is 5.97 Å². The maximum Gasteiger partial charge on any atom is 0.150 e. The van der Waals surface area contributed by atoms with Crippen LogP contribution in [0.3, 0.4) is 0 Å². The monoisotopic (exact) mass is 360 g/mol. The van der Waals surface area contributed by atoms with Crippen LogP contribution in [-0.2, 0) is 58.6 Å². The fourth-order valence-corrected chi connectivity index (χ4v) is 0. The smallest absolute Gasteiger partial charge is 0.150 e. The van der Waals surface area contributed by atoms with Gasteiger partial charge in [0, 0.05) is 53.8 Å². The zero-order valence-corrected chi connectivity index (χ0v) is 9.90. The van der Waals surface area contributed by atoms with Crippen molar-refractivity contribution in [1.29, 1.82) is 0 Å². The predicted octanol–water partition coefficient (Wildman–Crippen LogP) is -0.609. The Bertz CT molecular complexity index is 68.3. The molecule has 0 atom stereocenters. The van der Waals surface area contributed by atoms with Crippen molar-refractivity contribution in [2.75, 3.05) is 0 Å². The maximum absolute atomic E-state index is 9.47. The minimum atomic E-state index is -1.16. The summed E-state index contributed by atoms with van der Waals surface area (Å²) in [4.78, 5) is 9.47. The van der Waals surface area contributed by atoms with Gasteiger partial charge in [0.05, 0.1) is 0 Å². The van der Waals surface area contributed by atoms with Gasteiger partial charge >= 0.3 is 0 Å². The van der Waals surface area contributed by atoms with Crippen molar-refractivity contribution in [3.05, 3.63) is 13.0 Å². The van der Waals surface area contributed by atoms with Crippen molar-refractivity contribution < 1.29 is 63.7 Å². The van der Waals surface area contributed by atoms with Gasteiger partial charge in [-0.3, -0.25) is 4.79 Å². The predicted molar refractivity (Wildman–Crippen MR) is 20.4 cm³/mol. The Morgan fingerprint density at radius 3 is 1.88 bits per heavy atom. The zero-order valence-electron chi connectivity index (χ0n) is 4.13. The van der Waals surface area contributed by atoms with Crippen molar-refractivity contribution in [1.82, 2.24) is 0 Å². The van der Waals surface area contributed by atoms with Crippen LogP contribution in [0.1, 0.15) is 0 Å². The van der Waals surface area contributed by atoms with Gasteiger partial charge in [-0.2, -0.15) is 0 Å². The van der Waals surface area contributed by atoms with E-state index in [1.54, 1.807) is 0 Å². The summed E-state index contributed by atoms with van der Waals surface area (Å²) in [6, 6.07) is -0.324. The number of hydrogen-bond donors (Lipinski definition) is 2. The quantitative estimate of drug-likeness (QED) is 0.614. The molecule has 0 fully saturated rings. The fraction of sp³-hybridized carbons (Fsp3) is 0. The molecular weight excluding hydrogens is 355 g/mol. The summed E-state index contributed by atoms with van der Waals surface area (Å²) in [7, 11) is 0. The molecule has 0 amide bonds. The molecule has 45 valence electrons. The van der Waals surface area contributed by atoms with Crippen LogP contribution < -0.4 is 5.73 Å². The second kappa shape index (κ2) is 8.09. The summed E-state index contributed by atoms with van der Waals surface area (Å²) in [6.07, 6.45) is 0. The average Bonchev–Trinajstić information content (AvgIpc) is 1.36. The van der Waals surface area contributed by atoms with Crippen molar-refractivity contribution in [2.24, 2.45) is 5.73 Å². The molecule has 0 spiro atoms. The molecule has 0 heterocycles. The Kier molecular flexibility index (Phi) is 16.2. The van der Waals surface area contributed by atoms with E-state index in [9.17, 15) is 4.79 Å². The average molecular weight is 360 g/mol. The van der Waals surface area contributed by atoms with E-state index in [-0.39, 0.29) is 59.8 Å². The SMILES string of the molecule is [CH2-][C-](N)C(=O)O.[W].[Y]. The van der Waals surface area contributed by atoms with Crippen LogP contribution in [0.4, 0.5) is 0 Å². The number of aliphatic carboxylic acids is 1. The zero-order chi connectivity index (χ0) is 5.15. The maximum atomic E-state index is 9.47. The molecule has 8 heavy (non-hydrogen) atoms. The first-order chi connectivity index (χ1) is 2.64. The van der Waals surface area contributed by atoms with Crippen LogP contribution in [0.25, 0.3) is 0 Å². The molecule has 0 aliphatic carbocycles. The standard InChI is InChI=1S/C3H5NO2.W.Y/c1-2(4)3(5)6;;/h1,4H2,(H,5,6);;/q-2;;. The minimum absolute atomic E-state index is 0. The molecular formula is C3H5NO2WY-2. The molecule has 3 nitrogen and oxygen atoms in total. The van der Waals surface area contributed by atoms with E-state index in [0.29, 0.717) is 0 Å². The normalized spacial score (nSPS) is 5.75. The van der Waals surface area contributed by atoms with Crippen LogP contribution in [0, 0.1) is 13.0 Å². The van der Waals surface area contributed by atoms with Gasteiger partial charge in [0.1, 0.15) is 5.97 Å². The number of carbonyl (C=O) groups is 1. The Hall–Kier alpha value is 1.09. The molecule has 3 N–H and O–H groups in total. The van der Waals surface area contributed by atoms with Crippen LogP contribution in [0.15, 0.2) is 0 Å². The molecule has 0 aromatic carbocycles. The van der Waals surface area contributed by atoms with Gasteiger partial charge in [-0.1, -0.05) is 0 Å². The summed E-state index contributed by atoms with van der Waals surface area (Å²) in [5.41, 5.74) is 4.64. The van der Waals surface area contributed by atoms with E-state index in [0.717, 1.165) is 0 Å². The molecule has 0 aliphatic heterocycles. The summed E-state index contributed by atoms with van der Waals surface area (Å²) in [5.74, 6) is -1.16. The number of carboxylic acid groups (broad SMARTS) is 1. The van der Waals surface area contributed by atoms with Crippen LogP contribution in [-0.4, -0.2) is 11.1 Å². The van der Waals surface area contributed by atoms with E-state index >= 15 is 0 Å². The molecule has 0 rings (SSSR count).